The molecule has 2 amide bonds. The van der Waals surface area contributed by atoms with Crippen LogP contribution in [0.15, 0.2) is 71.5 Å². The summed E-state index contributed by atoms with van der Waals surface area (Å²) < 4.78 is 5.42. The first-order chi connectivity index (χ1) is 14.5. The molecule has 0 atom stereocenters. The number of nitrogens with zero attached hydrogens (tertiary/aromatic N) is 3. The molecule has 30 heavy (non-hydrogen) atoms. The van der Waals surface area contributed by atoms with Gasteiger partial charge in [0, 0.05) is 25.7 Å². The average molecular weight is 401 g/mol. The molecule has 150 valence electrons. The largest absolute Gasteiger partial charge is 0.463 e. The Morgan fingerprint density at radius 3 is 2.43 bits per heavy atom. The van der Waals surface area contributed by atoms with Crippen LogP contribution in [0.5, 0.6) is 0 Å². The van der Waals surface area contributed by atoms with Gasteiger partial charge in [0.15, 0.2) is 5.76 Å². The van der Waals surface area contributed by atoms with Gasteiger partial charge in [-0.25, -0.2) is 9.97 Å². The minimum Gasteiger partial charge on any atom is -0.463 e. The minimum atomic E-state index is -0.468. The third kappa shape index (κ3) is 3.70. The maximum Gasteiger partial charge on any atom is 0.273 e. The molecule has 3 heterocycles. The van der Waals surface area contributed by atoms with Crippen LogP contribution in [-0.2, 0) is 0 Å². The van der Waals surface area contributed by atoms with Crippen molar-refractivity contribution in [1.29, 1.82) is 0 Å². The van der Waals surface area contributed by atoms with Crippen molar-refractivity contribution in [3.8, 4) is 11.5 Å². The highest BCUT2D eigenvalue weighted by atomic mass is 16.3. The van der Waals surface area contributed by atoms with Crippen molar-refractivity contribution in [3.63, 3.8) is 0 Å². The van der Waals surface area contributed by atoms with Crippen molar-refractivity contribution in [2.75, 3.05) is 19.0 Å². The lowest BCUT2D eigenvalue weighted by Crippen LogP contribution is -2.42. The summed E-state index contributed by atoms with van der Waals surface area (Å²) >= 11 is 0. The smallest absolute Gasteiger partial charge is 0.273 e. The average Bonchev–Trinajstić information content (AvgIpc) is 3.31. The van der Waals surface area contributed by atoms with E-state index in [9.17, 15) is 9.59 Å². The highest BCUT2D eigenvalue weighted by molar-refractivity contribution is 6.08. The molecule has 1 aromatic carbocycles. The number of furan rings is 1. The van der Waals surface area contributed by atoms with Crippen LogP contribution >= 0.6 is 0 Å². The number of carbonyl (C=O) groups is 2. The van der Waals surface area contributed by atoms with E-state index in [-0.39, 0.29) is 0 Å². The number of rotatable bonds is 4. The van der Waals surface area contributed by atoms with E-state index in [1.807, 2.05) is 18.2 Å². The van der Waals surface area contributed by atoms with E-state index in [0.717, 1.165) is 0 Å². The first-order valence-corrected chi connectivity index (χ1v) is 9.21. The van der Waals surface area contributed by atoms with Gasteiger partial charge in [-0.15, -0.1) is 0 Å². The maximum atomic E-state index is 12.9. The fourth-order valence-electron chi connectivity index (χ4n) is 3.09. The number of fused-ring (bicyclic) bond motifs is 1. The maximum absolute atomic E-state index is 12.9. The van der Waals surface area contributed by atoms with Gasteiger partial charge in [-0.05, 0) is 36.4 Å². The van der Waals surface area contributed by atoms with E-state index in [1.165, 1.54) is 0 Å². The highest BCUT2D eigenvalue weighted by Gasteiger charge is 2.18. The molecule has 4 rings (SSSR count). The zero-order valence-corrected chi connectivity index (χ0v) is 16.4. The fourth-order valence-corrected chi connectivity index (χ4v) is 3.09. The van der Waals surface area contributed by atoms with Gasteiger partial charge in [0.2, 0.25) is 0 Å². The van der Waals surface area contributed by atoms with Gasteiger partial charge in [0.25, 0.3) is 11.8 Å². The third-order valence-corrected chi connectivity index (χ3v) is 4.48. The summed E-state index contributed by atoms with van der Waals surface area (Å²) in [6.45, 7) is 0. The molecule has 0 aliphatic heterocycles. The van der Waals surface area contributed by atoms with Gasteiger partial charge in [-0.3, -0.25) is 20.4 Å². The number of pyridine rings is 2. The quantitative estimate of drug-likeness (QED) is 0.510. The lowest BCUT2D eigenvalue weighted by molar-refractivity contribution is 0.0847. The number of para-hydroxylation sites is 1. The van der Waals surface area contributed by atoms with Crippen LogP contribution in [0.25, 0.3) is 22.4 Å². The molecule has 2 N–H and O–H groups in total. The molecule has 0 unspecified atom stereocenters. The third-order valence-electron chi connectivity index (χ3n) is 4.48. The molecule has 3 aromatic heterocycles. The predicted molar refractivity (Wildman–Crippen MR) is 113 cm³/mol. The van der Waals surface area contributed by atoms with Crippen LogP contribution in [0, 0.1) is 0 Å². The molecule has 0 aliphatic carbocycles. The normalized spacial score (nSPS) is 10.6. The Balaban J connectivity index is 1.62. The zero-order valence-electron chi connectivity index (χ0n) is 16.4. The summed E-state index contributed by atoms with van der Waals surface area (Å²) in [6.07, 6.45) is 3.15. The first kappa shape index (κ1) is 19.1. The molecule has 0 bridgehead atoms. The van der Waals surface area contributed by atoms with E-state index < -0.39 is 11.8 Å². The van der Waals surface area contributed by atoms with Crippen LogP contribution < -0.4 is 15.8 Å². The number of aromatic nitrogens is 2. The molecule has 8 heteroatoms. The summed E-state index contributed by atoms with van der Waals surface area (Å²) in [7, 11) is 3.58. The Labute approximate surface area is 172 Å². The number of anilines is 1. The lowest BCUT2D eigenvalue weighted by Gasteiger charge is -2.16. The standard InChI is InChI=1S/C22H19N5O3/c1-27(2)20-15(8-5-11-23-20)21(28)25-26-22(29)16-13-18(19-10-6-12-30-19)24-17-9-4-3-7-14(16)17/h3-13H,1-2H3,(H,25,28)(H,26,29). The Morgan fingerprint density at radius 2 is 1.70 bits per heavy atom. The van der Waals surface area contributed by atoms with E-state index >= 15 is 0 Å². The Kier molecular flexibility index (Phi) is 5.13. The van der Waals surface area contributed by atoms with Gasteiger partial charge in [0.05, 0.1) is 22.9 Å². The number of amides is 2. The Bertz CT molecular complexity index is 1220. The molecule has 8 nitrogen and oxygen atoms in total. The summed E-state index contributed by atoms with van der Waals surface area (Å²) in [5.41, 5.74) is 6.83. The number of hydrazine groups is 1. The molecule has 0 fully saturated rings. The predicted octanol–water partition coefficient (Wildman–Crippen LogP) is 3.03. The number of nitrogens with one attached hydrogen (secondary N) is 2. The van der Waals surface area contributed by atoms with Crippen molar-refractivity contribution in [2.24, 2.45) is 0 Å². The monoisotopic (exact) mass is 401 g/mol. The number of benzene rings is 1. The lowest BCUT2D eigenvalue weighted by atomic mass is 10.1. The molecule has 0 radical (unpaired) electrons. The van der Waals surface area contributed by atoms with Gasteiger partial charge in [-0.1, -0.05) is 18.2 Å². The molecule has 0 spiro atoms. The van der Waals surface area contributed by atoms with Gasteiger partial charge < -0.3 is 9.32 Å². The van der Waals surface area contributed by atoms with Crippen molar-refractivity contribution in [1.82, 2.24) is 20.8 Å². The summed E-state index contributed by atoms with van der Waals surface area (Å²) in [6, 6.07) is 15.7. The molecular formula is C22H19N5O3. The van der Waals surface area contributed by atoms with Gasteiger partial charge in [-0.2, -0.15) is 0 Å². The molecule has 4 aromatic rings. The van der Waals surface area contributed by atoms with Crippen molar-refractivity contribution >= 4 is 28.5 Å². The topological polar surface area (TPSA) is 100 Å². The molecule has 0 aliphatic rings. The van der Waals surface area contributed by atoms with Crippen LogP contribution in [-0.4, -0.2) is 35.9 Å². The van der Waals surface area contributed by atoms with Crippen LogP contribution in [0.3, 0.4) is 0 Å². The second kappa shape index (κ2) is 8.04. The van der Waals surface area contributed by atoms with Crippen molar-refractivity contribution in [3.05, 3.63) is 78.2 Å². The number of carbonyl (C=O) groups excluding carboxylic acids is 2. The number of hydrogen-bond acceptors (Lipinski definition) is 6. The second-order valence-electron chi connectivity index (χ2n) is 6.73. The Hall–Kier alpha value is -4.20. The van der Waals surface area contributed by atoms with E-state index in [4.69, 9.17) is 4.42 Å². The van der Waals surface area contributed by atoms with E-state index in [0.29, 0.717) is 39.3 Å². The highest BCUT2D eigenvalue weighted by Crippen LogP contribution is 2.25. The second-order valence-corrected chi connectivity index (χ2v) is 6.73. The van der Waals surface area contributed by atoms with E-state index in [1.54, 1.807) is 67.9 Å². The van der Waals surface area contributed by atoms with Crippen LogP contribution in [0.1, 0.15) is 20.7 Å². The zero-order chi connectivity index (χ0) is 21.1. The molecule has 0 saturated carbocycles. The fraction of sp³-hybridized carbons (Fsp3) is 0.0909. The van der Waals surface area contributed by atoms with Crippen LogP contribution in [0.2, 0.25) is 0 Å². The minimum absolute atomic E-state index is 0.346. The first-order valence-electron chi connectivity index (χ1n) is 9.21. The van der Waals surface area contributed by atoms with Gasteiger partial charge in [0.1, 0.15) is 11.5 Å². The number of hydrogen-bond donors (Lipinski definition) is 2. The summed E-state index contributed by atoms with van der Waals surface area (Å²) in [5, 5.41) is 0.662. The summed E-state index contributed by atoms with van der Waals surface area (Å²) in [5.74, 6) is 0.110. The van der Waals surface area contributed by atoms with Crippen molar-refractivity contribution in [2.45, 2.75) is 0 Å². The summed E-state index contributed by atoms with van der Waals surface area (Å²) in [4.78, 5) is 36.0. The van der Waals surface area contributed by atoms with Crippen LogP contribution in [0.4, 0.5) is 5.82 Å². The van der Waals surface area contributed by atoms with Crippen molar-refractivity contribution < 1.29 is 14.0 Å². The molecule has 0 saturated heterocycles. The van der Waals surface area contributed by atoms with E-state index in [2.05, 4.69) is 20.8 Å². The molecular weight excluding hydrogens is 382 g/mol. The van der Waals surface area contributed by atoms with Gasteiger partial charge >= 0.3 is 0 Å². The SMILES string of the molecule is CN(C)c1ncccc1C(=O)NNC(=O)c1cc(-c2ccco2)nc2ccccc12. The Morgan fingerprint density at radius 1 is 0.933 bits per heavy atom.